The van der Waals surface area contributed by atoms with Crippen LogP contribution in [0.2, 0.25) is 0 Å². The number of carbonyl (C=O) groups excluding carboxylic acids is 1. The first-order valence-corrected chi connectivity index (χ1v) is 10.4. The number of carboxylic acid groups (broad SMARTS) is 1. The van der Waals surface area contributed by atoms with Crippen molar-refractivity contribution >= 4 is 23.2 Å². The molecule has 0 bridgehead atoms. The molecule has 2 saturated heterocycles. The molecule has 150 valence electrons. The van der Waals surface area contributed by atoms with E-state index in [-0.39, 0.29) is 17.7 Å². The number of rotatable bonds is 6. The number of amides is 1. The number of nitrogens with zero attached hydrogens (tertiary/aromatic N) is 3. The van der Waals surface area contributed by atoms with Gasteiger partial charge in [0.15, 0.2) is 0 Å². The van der Waals surface area contributed by atoms with Crippen molar-refractivity contribution in [1.82, 2.24) is 14.8 Å². The van der Waals surface area contributed by atoms with Crippen LogP contribution in [0.4, 0.5) is 0 Å². The third-order valence-electron chi connectivity index (χ3n) is 6.11. The molecule has 0 aromatic carbocycles. The molecule has 28 heavy (non-hydrogen) atoms. The van der Waals surface area contributed by atoms with Gasteiger partial charge in [-0.2, -0.15) is 0 Å². The lowest BCUT2D eigenvalue weighted by molar-refractivity contribution is -0.137. The molecule has 2 aromatic heterocycles. The number of hydrogen-bond acceptors (Lipinski definition) is 6. The van der Waals surface area contributed by atoms with Gasteiger partial charge in [0.1, 0.15) is 5.76 Å². The van der Waals surface area contributed by atoms with Crippen molar-refractivity contribution in [2.75, 3.05) is 26.2 Å². The second kappa shape index (κ2) is 7.33. The van der Waals surface area contributed by atoms with Gasteiger partial charge in [-0.05, 0) is 30.7 Å². The van der Waals surface area contributed by atoms with Crippen LogP contribution in [0.25, 0.3) is 10.8 Å². The molecular weight excluding hydrogens is 378 g/mol. The number of carbonyl (C=O) groups is 2. The average Bonchev–Trinajstić information content (AvgIpc) is 3.37. The molecular formula is C20H25N3O4S. The summed E-state index contributed by atoms with van der Waals surface area (Å²) in [7, 11) is 0. The van der Waals surface area contributed by atoms with Crippen LogP contribution in [0, 0.1) is 18.3 Å². The van der Waals surface area contributed by atoms with Gasteiger partial charge >= 0.3 is 5.97 Å². The SMILES string of the molecule is CC(=O)N1C[C@@H]2CN(Cc3nc(-c4cccs4)oc3C)C[C@]2(CCC(=O)O)C1. The Hall–Kier alpha value is -2.19. The predicted molar refractivity (Wildman–Crippen MR) is 105 cm³/mol. The van der Waals surface area contributed by atoms with E-state index in [2.05, 4.69) is 4.90 Å². The van der Waals surface area contributed by atoms with Crippen LogP contribution in [0.15, 0.2) is 21.9 Å². The van der Waals surface area contributed by atoms with Crippen molar-refractivity contribution in [1.29, 1.82) is 0 Å². The van der Waals surface area contributed by atoms with Gasteiger partial charge in [-0.25, -0.2) is 4.98 Å². The molecule has 2 aliphatic rings. The second-order valence-corrected chi connectivity index (χ2v) is 8.97. The van der Waals surface area contributed by atoms with Gasteiger partial charge in [0.25, 0.3) is 0 Å². The maximum Gasteiger partial charge on any atom is 0.303 e. The van der Waals surface area contributed by atoms with E-state index in [0.717, 1.165) is 29.4 Å². The largest absolute Gasteiger partial charge is 0.481 e. The predicted octanol–water partition coefficient (Wildman–Crippen LogP) is 2.86. The molecule has 0 aliphatic carbocycles. The van der Waals surface area contributed by atoms with Gasteiger partial charge in [-0.15, -0.1) is 11.3 Å². The molecule has 2 atom stereocenters. The minimum Gasteiger partial charge on any atom is -0.481 e. The normalized spacial score (nSPS) is 24.6. The molecule has 2 aromatic rings. The molecule has 4 rings (SSSR count). The molecule has 2 aliphatic heterocycles. The van der Waals surface area contributed by atoms with Crippen molar-refractivity contribution in [3.8, 4) is 10.8 Å². The van der Waals surface area contributed by atoms with E-state index < -0.39 is 5.97 Å². The van der Waals surface area contributed by atoms with Gasteiger partial charge in [0, 0.05) is 51.5 Å². The van der Waals surface area contributed by atoms with Crippen LogP contribution in [0.1, 0.15) is 31.2 Å². The molecule has 0 radical (unpaired) electrons. The average molecular weight is 404 g/mol. The summed E-state index contributed by atoms with van der Waals surface area (Å²) in [6.07, 6.45) is 0.743. The fraction of sp³-hybridized carbons (Fsp3) is 0.550. The highest BCUT2D eigenvalue weighted by molar-refractivity contribution is 7.13. The standard InChI is InChI=1S/C20H25N3O4S/c1-13-16(21-19(27-13)17-4-3-7-28-17)10-22-8-15-9-23(14(2)24)12-20(15,11-22)6-5-18(25)26/h3-4,7,15H,5-6,8-12H2,1-2H3,(H,25,26)/t15-,20+/m0/s1. The van der Waals surface area contributed by atoms with Crippen molar-refractivity contribution < 1.29 is 19.1 Å². The fourth-order valence-electron chi connectivity index (χ4n) is 4.66. The molecule has 4 heterocycles. The number of oxazole rings is 1. The smallest absolute Gasteiger partial charge is 0.303 e. The molecule has 7 nitrogen and oxygen atoms in total. The fourth-order valence-corrected chi connectivity index (χ4v) is 5.31. The second-order valence-electron chi connectivity index (χ2n) is 8.02. The first-order valence-electron chi connectivity index (χ1n) is 9.56. The lowest BCUT2D eigenvalue weighted by atomic mass is 9.77. The Labute approximate surface area is 168 Å². The molecule has 0 spiro atoms. The van der Waals surface area contributed by atoms with E-state index in [0.29, 0.717) is 37.9 Å². The zero-order valence-corrected chi connectivity index (χ0v) is 17.0. The number of aliphatic carboxylic acids is 1. The summed E-state index contributed by atoms with van der Waals surface area (Å²) in [5.41, 5.74) is 0.790. The minimum absolute atomic E-state index is 0.0728. The Bertz CT molecular complexity index is 878. The molecule has 8 heteroatoms. The Morgan fingerprint density at radius 2 is 2.21 bits per heavy atom. The summed E-state index contributed by atoms with van der Waals surface area (Å²) < 4.78 is 5.86. The maximum absolute atomic E-state index is 11.9. The third-order valence-corrected chi connectivity index (χ3v) is 6.97. The number of carboxylic acids is 1. The first-order chi connectivity index (χ1) is 13.4. The van der Waals surface area contributed by atoms with Gasteiger partial charge in [-0.3, -0.25) is 14.5 Å². The van der Waals surface area contributed by atoms with Crippen molar-refractivity contribution in [3.63, 3.8) is 0 Å². The van der Waals surface area contributed by atoms with Crippen molar-refractivity contribution in [2.24, 2.45) is 11.3 Å². The quantitative estimate of drug-likeness (QED) is 0.798. The lowest BCUT2D eigenvalue weighted by Gasteiger charge is -2.28. The first kappa shape index (κ1) is 19.1. The number of fused-ring (bicyclic) bond motifs is 1. The maximum atomic E-state index is 11.9. The molecule has 0 unspecified atom stereocenters. The van der Waals surface area contributed by atoms with Crippen molar-refractivity contribution in [2.45, 2.75) is 33.2 Å². The molecule has 1 amide bonds. The number of thiophene rings is 1. The third kappa shape index (κ3) is 3.58. The van der Waals surface area contributed by atoms with Gasteiger partial charge in [0.05, 0.1) is 10.6 Å². The van der Waals surface area contributed by atoms with E-state index in [1.165, 1.54) is 0 Å². The van der Waals surface area contributed by atoms with E-state index >= 15 is 0 Å². The summed E-state index contributed by atoms with van der Waals surface area (Å²) >= 11 is 1.60. The minimum atomic E-state index is -0.777. The topological polar surface area (TPSA) is 86.9 Å². The van der Waals surface area contributed by atoms with Crippen LogP contribution in [-0.2, 0) is 16.1 Å². The molecule has 1 N–H and O–H groups in total. The Balaban J connectivity index is 1.49. The Morgan fingerprint density at radius 1 is 1.39 bits per heavy atom. The monoisotopic (exact) mass is 403 g/mol. The summed E-state index contributed by atoms with van der Waals surface area (Å²) in [6.45, 7) is 7.22. The van der Waals surface area contributed by atoms with Gasteiger partial charge in [0.2, 0.25) is 11.8 Å². The van der Waals surface area contributed by atoms with Gasteiger partial charge < -0.3 is 14.4 Å². The summed E-state index contributed by atoms with van der Waals surface area (Å²) in [6, 6.07) is 3.98. The lowest BCUT2D eigenvalue weighted by Crippen LogP contribution is -2.36. The summed E-state index contributed by atoms with van der Waals surface area (Å²) in [4.78, 5) is 33.0. The number of likely N-dealkylation sites (tertiary alicyclic amines) is 2. The highest BCUT2D eigenvalue weighted by atomic mass is 32.1. The highest BCUT2D eigenvalue weighted by Crippen LogP contribution is 2.46. The summed E-state index contributed by atoms with van der Waals surface area (Å²) in [5.74, 6) is 1.08. The van der Waals surface area contributed by atoms with Crippen LogP contribution in [0.5, 0.6) is 0 Å². The zero-order chi connectivity index (χ0) is 19.9. The van der Waals surface area contributed by atoms with Crippen LogP contribution in [-0.4, -0.2) is 57.9 Å². The van der Waals surface area contributed by atoms with Crippen LogP contribution >= 0.6 is 11.3 Å². The number of aryl methyl sites for hydroxylation is 1. The highest BCUT2D eigenvalue weighted by Gasteiger charge is 2.52. The van der Waals surface area contributed by atoms with E-state index in [4.69, 9.17) is 9.40 Å². The number of hydrogen-bond donors (Lipinski definition) is 1. The Kier molecular flexibility index (Phi) is 5.01. The van der Waals surface area contributed by atoms with E-state index in [1.54, 1.807) is 18.3 Å². The summed E-state index contributed by atoms with van der Waals surface area (Å²) in [5, 5.41) is 11.2. The van der Waals surface area contributed by atoms with E-state index in [9.17, 15) is 14.7 Å². The van der Waals surface area contributed by atoms with E-state index in [1.807, 2.05) is 29.3 Å². The van der Waals surface area contributed by atoms with Crippen LogP contribution < -0.4 is 0 Å². The van der Waals surface area contributed by atoms with Gasteiger partial charge in [-0.1, -0.05) is 6.07 Å². The molecule has 2 fully saturated rings. The van der Waals surface area contributed by atoms with Crippen molar-refractivity contribution in [3.05, 3.63) is 29.0 Å². The molecule has 0 saturated carbocycles. The zero-order valence-electron chi connectivity index (χ0n) is 16.2. The van der Waals surface area contributed by atoms with Crippen LogP contribution in [0.3, 0.4) is 0 Å². The Morgan fingerprint density at radius 3 is 2.89 bits per heavy atom. The number of aromatic nitrogens is 1.